The minimum absolute atomic E-state index is 0.0898. The van der Waals surface area contributed by atoms with Crippen LogP contribution in [-0.4, -0.2) is 44.2 Å². The first kappa shape index (κ1) is 11.5. The minimum atomic E-state index is -3.64. The zero-order chi connectivity index (χ0) is 12.8. The van der Waals surface area contributed by atoms with Crippen LogP contribution in [0.4, 0.5) is 5.13 Å². The fourth-order valence-electron chi connectivity index (χ4n) is 1.68. The molecule has 9 nitrogen and oxygen atoms in total. The lowest BCUT2D eigenvalue weighted by Crippen LogP contribution is -2.38. The minimum Gasteiger partial charge on any atom is -0.374 e. The predicted molar refractivity (Wildman–Crippen MR) is 61.9 cm³/mol. The Hall–Kier alpha value is -1.59. The maximum atomic E-state index is 12.3. The fourth-order valence-corrected chi connectivity index (χ4v) is 3.99. The van der Waals surface area contributed by atoms with E-state index in [1.54, 1.807) is 6.33 Å². The monoisotopic (exact) mass is 287 g/mol. The van der Waals surface area contributed by atoms with E-state index in [0.29, 0.717) is 18.9 Å². The molecular formula is C7H9N7O2S2. The molecule has 0 fully saturated rings. The molecule has 0 saturated heterocycles. The Kier molecular flexibility index (Phi) is 2.53. The van der Waals surface area contributed by atoms with E-state index in [4.69, 9.17) is 5.73 Å². The second kappa shape index (κ2) is 3.96. The molecule has 2 aromatic heterocycles. The van der Waals surface area contributed by atoms with Crippen LogP contribution >= 0.6 is 11.3 Å². The summed E-state index contributed by atoms with van der Waals surface area (Å²) in [7, 11) is -3.64. The van der Waals surface area contributed by atoms with Crippen LogP contribution in [0.3, 0.4) is 0 Å². The van der Waals surface area contributed by atoms with Gasteiger partial charge in [0.2, 0.25) is 9.47 Å². The van der Waals surface area contributed by atoms with Gasteiger partial charge < -0.3 is 10.3 Å². The average Bonchev–Trinajstić information content (AvgIpc) is 2.96. The SMILES string of the molecule is Nc1nnc(S(=O)(=O)N2CCn3cnnc3C2)s1. The van der Waals surface area contributed by atoms with Crippen molar-refractivity contribution >= 4 is 26.5 Å². The van der Waals surface area contributed by atoms with Gasteiger partial charge in [-0.2, -0.15) is 4.31 Å². The predicted octanol–water partition coefficient (Wildman–Crippen LogP) is -1.08. The zero-order valence-electron chi connectivity index (χ0n) is 9.09. The van der Waals surface area contributed by atoms with Crippen molar-refractivity contribution in [1.29, 1.82) is 0 Å². The lowest BCUT2D eigenvalue weighted by molar-refractivity contribution is 0.335. The Bertz CT molecular complexity index is 676. The smallest absolute Gasteiger partial charge is 0.272 e. The molecule has 0 bridgehead atoms. The largest absolute Gasteiger partial charge is 0.374 e. The normalized spacial score (nSPS) is 16.7. The van der Waals surface area contributed by atoms with Crippen LogP contribution in [0.1, 0.15) is 5.82 Å². The Balaban J connectivity index is 1.92. The van der Waals surface area contributed by atoms with Crippen molar-refractivity contribution in [3.63, 3.8) is 0 Å². The Labute approximate surface area is 106 Å². The van der Waals surface area contributed by atoms with Gasteiger partial charge in [0, 0.05) is 13.1 Å². The van der Waals surface area contributed by atoms with Crippen molar-refractivity contribution < 1.29 is 8.42 Å². The molecule has 0 aromatic carbocycles. The number of sulfonamides is 1. The number of nitrogens with zero attached hydrogens (tertiary/aromatic N) is 6. The summed E-state index contributed by atoms with van der Waals surface area (Å²) in [6.07, 6.45) is 1.59. The molecule has 0 amide bonds. The van der Waals surface area contributed by atoms with Gasteiger partial charge in [-0.25, -0.2) is 8.42 Å². The Morgan fingerprint density at radius 2 is 2.11 bits per heavy atom. The molecule has 11 heteroatoms. The van der Waals surface area contributed by atoms with Gasteiger partial charge in [0.25, 0.3) is 10.0 Å². The van der Waals surface area contributed by atoms with Gasteiger partial charge in [-0.1, -0.05) is 11.3 Å². The van der Waals surface area contributed by atoms with E-state index in [0.717, 1.165) is 11.3 Å². The average molecular weight is 287 g/mol. The van der Waals surface area contributed by atoms with Crippen LogP contribution in [0.5, 0.6) is 0 Å². The van der Waals surface area contributed by atoms with Crippen molar-refractivity contribution in [3.05, 3.63) is 12.2 Å². The third kappa shape index (κ3) is 1.76. The van der Waals surface area contributed by atoms with E-state index in [-0.39, 0.29) is 16.0 Å². The molecule has 3 heterocycles. The number of aromatic nitrogens is 5. The molecule has 96 valence electrons. The number of rotatable bonds is 2. The molecular weight excluding hydrogens is 278 g/mol. The van der Waals surface area contributed by atoms with Crippen molar-refractivity contribution in [2.75, 3.05) is 12.3 Å². The lowest BCUT2D eigenvalue weighted by Gasteiger charge is -2.24. The highest BCUT2D eigenvalue weighted by Crippen LogP contribution is 2.23. The van der Waals surface area contributed by atoms with Gasteiger partial charge in [0.05, 0.1) is 6.54 Å². The van der Waals surface area contributed by atoms with Gasteiger partial charge in [-0.3, -0.25) is 0 Å². The Morgan fingerprint density at radius 3 is 2.83 bits per heavy atom. The summed E-state index contributed by atoms with van der Waals surface area (Å²) >= 11 is 0.855. The zero-order valence-corrected chi connectivity index (χ0v) is 10.7. The number of nitrogen functional groups attached to an aromatic ring is 1. The third-order valence-electron chi connectivity index (χ3n) is 2.59. The number of hydrogen-bond acceptors (Lipinski definition) is 8. The molecule has 0 spiro atoms. The lowest BCUT2D eigenvalue weighted by atomic mass is 10.4. The van der Waals surface area contributed by atoms with E-state index in [1.807, 2.05) is 4.57 Å². The molecule has 3 rings (SSSR count). The highest BCUT2D eigenvalue weighted by molar-refractivity contribution is 7.91. The first-order valence-corrected chi connectivity index (χ1v) is 7.29. The summed E-state index contributed by atoms with van der Waals surface area (Å²) in [5, 5.41) is 14.8. The molecule has 0 atom stereocenters. The van der Waals surface area contributed by atoms with Crippen LogP contribution < -0.4 is 5.73 Å². The van der Waals surface area contributed by atoms with Gasteiger partial charge in [-0.05, 0) is 0 Å². The molecule has 0 aliphatic carbocycles. The van der Waals surface area contributed by atoms with Crippen molar-refractivity contribution in [2.45, 2.75) is 17.4 Å². The number of hydrogen-bond donors (Lipinski definition) is 1. The van der Waals surface area contributed by atoms with Crippen molar-refractivity contribution in [1.82, 2.24) is 29.3 Å². The second-order valence-corrected chi connectivity index (χ2v) is 6.81. The number of anilines is 1. The van der Waals surface area contributed by atoms with Crippen LogP contribution in [0.2, 0.25) is 0 Å². The molecule has 0 saturated carbocycles. The van der Waals surface area contributed by atoms with E-state index in [9.17, 15) is 8.42 Å². The second-order valence-electron chi connectivity index (χ2n) is 3.69. The quantitative estimate of drug-likeness (QED) is 0.745. The molecule has 2 aromatic rings. The number of nitrogens with two attached hydrogens (primary N) is 1. The number of fused-ring (bicyclic) bond motifs is 1. The summed E-state index contributed by atoms with van der Waals surface area (Å²) in [6, 6.07) is 0. The standard InChI is InChI=1S/C7H9N7O2S2/c8-6-11-12-7(17-6)18(15,16)14-2-1-13-4-9-10-5(13)3-14/h4H,1-3H2,(H2,8,11). The van der Waals surface area contributed by atoms with Gasteiger partial charge in [0.15, 0.2) is 0 Å². The highest BCUT2D eigenvalue weighted by atomic mass is 32.2. The maximum Gasteiger partial charge on any atom is 0.272 e. The van der Waals surface area contributed by atoms with Gasteiger partial charge >= 0.3 is 0 Å². The van der Waals surface area contributed by atoms with Gasteiger partial charge in [-0.15, -0.1) is 20.4 Å². The Morgan fingerprint density at radius 1 is 1.28 bits per heavy atom. The summed E-state index contributed by atoms with van der Waals surface area (Å²) < 4.78 is 27.5. The van der Waals surface area contributed by atoms with E-state index in [1.165, 1.54) is 4.31 Å². The van der Waals surface area contributed by atoms with Crippen LogP contribution in [-0.2, 0) is 23.1 Å². The first-order valence-electron chi connectivity index (χ1n) is 5.03. The molecule has 0 unspecified atom stereocenters. The molecule has 18 heavy (non-hydrogen) atoms. The highest BCUT2D eigenvalue weighted by Gasteiger charge is 2.32. The molecule has 2 N–H and O–H groups in total. The summed E-state index contributed by atoms with van der Waals surface area (Å²) in [5.74, 6) is 0.613. The topological polar surface area (TPSA) is 120 Å². The first-order chi connectivity index (χ1) is 8.57. The van der Waals surface area contributed by atoms with Crippen molar-refractivity contribution in [2.24, 2.45) is 0 Å². The summed E-state index contributed by atoms with van der Waals surface area (Å²) in [5.41, 5.74) is 5.40. The van der Waals surface area contributed by atoms with E-state index in [2.05, 4.69) is 20.4 Å². The molecule has 0 radical (unpaired) electrons. The van der Waals surface area contributed by atoms with Crippen molar-refractivity contribution in [3.8, 4) is 0 Å². The summed E-state index contributed by atoms with van der Waals surface area (Å²) in [6.45, 7) is 1.06. The van der Waals surface area contributed by atoms with Crippen LogP contribution in [0, 0.1) is 0 Å². The van der Waals surface area contributed by atoms with Gasteiger partial charge in [0.1, 0.15) is 12.2 Å². The van der Waals surface area contributed by atoms with E-state index < -0.39 is 10.0 Å². The maximum absolute atomic E-state index is 12.3. The summed E-state index contributed by atoms with van der Waals surface area (Å²) in [4.78, 5) is 0. The van der Waals surface area contributed by atoms with Crippen LogP contribution in [0.15, 0.2) is 10.7 Å². The molecule has 1 aliphatic rings. The third-order valence-corrected chi connectivity index (χ3v) is 5.53. The fraction of sp³-hybridized carbons (Fsp3) is 0.429. The van der Waals surface area contributed by atoms with E-state index >= 15 is 0 Å². The molecule has 1 aliphatic heterocycles. The van der Waals surface area contributed by atoms with Crippen LogP contribution in [0.25, 0.3) is 0 Å².